The number of allylic oxidation sites excluding steroid dienone is 2. The molecule has 4 heteroatoms. The third-order valence-electron chi connectivity index (χ3n) is 8.53. The second kappa shape index (κ2) is 37.3. The highest BCUT2D eigenvalue weighted by Gasteiger charge is 2.09. The second-order valence-corrected chi connectivity index (χ2v) is 13.0. The third-order valence-corrected chi connectivity index (χ3v) is 8.53. The van der Waals surface area contributed by atoms with Crippen molar-refractivity contribution >= 4 is 5.97 Å². The van der Waals surface area contributed by atoms with Gasteiger partial charge in [-0.25, -0.2) is 0 Å². The van der Waals surface area contributed by atoms with Gasteiger partial charge in [0.05, 0.1) is 6.61 Å². The Kier molecular flexibility index (Phi) is 36.6. The predicted octanol–water partition coefficient (Wildman–Crippen LogP) is 12.2. The number of aliphatic hydroxyl groups is 1. The fourth-order valence-corrected chi connectivity index (χ4v) is 5.62. The third kappa shape index (κ3) is 37.2. The fourth-order valence-electron chi connectivity index (χ4n) is 5.62. The molecular weight excluding hydrogens is 532 g/mol. The number of carbonyl (C=O) groups is 1. The van der Waals surface area contributed by atoms with Crippen LogP contribution in [0.3, 0.4) is 0 Å². The van der Waals surface area contributed by atoms with E-state index < -0.39 is 6.10 Å². The van der Waals surface area contributed by atoms with E-state index in [1.54, 1.807) is 0 Å². The Morgan fingerprint density at radius 1 is 0.512 bits per heavy atom. The molecular formula is C39H76O4. The molecule has 256 valence electrons. The minimum atomic E-state index is -0.723. The van der Waals surface area contributed by atoms with Crippen LogP contribution in [0.2, 0.25) is 0 Å². The molecule has 0 radical (unpaired) electrons. The van der Waals surface area contributed by atoms with Crippen LogP contribution in [0.1, 0.15) is 206 Å². The quantitative estimate of drug-likeness (QED) is 0.0437. The van der Waals surface area contributed by atoms with Gasteiger partial charge in [0.25, 0.3) is 0 Å². The maximum atomic E-state index is 11.9. The van der Waals surface area contributed by atoms with Gasteiger partial charge in [0.15, 0.2) is 0 Å². The molecule has 0 aromatic heterocycles. The average molecular weight is 609 g/mol. The topological polar surface area (TPSA) is 55.8 Å². The van der Waals surface area contributed by atoms with Gasteiger partial charge in [-0.2, -0.15) is 0 Å². The van der Waals surface area contributed by atoms with E-state index >= 15 is 0 Å². The molecule has 0 heterocycles. The summed E-state index contributed by atoms with van der Waals surface area (Å²) in [6, 6.07) is 0. The fraction of sp³-hybridized carbons (Fsp3) is 0.923. The molecule has 0 bridgehead atoms. The molecule has 0 aliphatic rings. The van der Waals surface area contributed by atoms with E-state index in [2.05, 4.69) is 26.0 Å². The molecule has 0 saturated carbocycles. The van der Waals surface area contributed by atoms with E-state index in [9.17, 15) is 9.90 Å². The molecule has 4 nitrogen and oxygen atoms in total. The number of hydrogen-bond acceptors (Lipinski definition) is 4. The summed E-state index contributed by atoms with van der Waals surface area (Å²) < 4.78 is 10.8. The number of ether oxygens (including phenoxy) is 2. The van der Waals surface area contributed by atoms with Gasteiger partial charge in [-0.3, -0.25) is 4.79 Å². The summed E-state index contributed by atoms with van der Waals surface area (Å²) in [7, 11) is 0. The van der Waals surface area contributed by atoms with Crippen molar-refractivity contribution in [3.63, 3.8) is 0 Å². The van der Waals surface area contributed by atoms with Crippen molar-refractivity contribution in [1.29, 1.82) is 0 Å². The average Bonchev–Trinajstić information content (AvgIpc) is 3.01. The maximum absolute atomic E-state index is 11.9. The van der Waals surface area contributed by atoms with Crippen LogP contribution in [0.15, 0.2) is 12.2 Å². The zero-order chi connectivity index (χ0) is 31.3. The summed E-state index contributed by atoms with van der Waals surface area (Å²) in [6.07, 6.45) is 42.4. The Morgan fingerprint density at radius 3 is 1.33 bits per heavy atom. The number of aliphatic hydroxyl groups excluding tert-OH is 1. The van der Waals surface area contributed by atoms with Gasteiger partial charge < -0.3 is 14.6 Å². The summed E-state index contributed by atoms with van der Waals surface area (Å²) in [4.78, 5) is 11.9. The molecule has 1 atom stereocenters. The van der Waals surface area contributed by atoms with Gasteiger partial charge in [-0.1, -0.05) is 174 Å². The van der Waals surface area contributed by atoms with E-state index in [-0.39, 0.29) is 19.2 Å². The number of unbranched alkanes of at least 4 members (excludes halogenated alkanes) is 26. The molecule has 0 aliphatic heterocycles. The van der Waals surface area contributed by atoms with Gasteiger partial charge in [-0.15, -0.1) is 0 Å². The summed E-state index contributed by atoms with van der Waals surface area (Å²) in [5.74, 6) is -0.200. The monoisotopic (exact) mass is 609 g/mol. The van der Waals surface area contributed by atoms with Crippen LogP contribution in [0.4, 0.5) is 0 Å². The van der Waals surface area contributed by atoms with Gasteiger partial charge in [0.1, 0.15) is 12.7 Å². The Labute approximate surface area is 269 Å². The van der Waals surface area contributed by atoms with Crippen molar-refractivity contribution in [2.75, 3.05) is 19.8 Å². The van der Waals surface area contributed by atoms with Gasteiger partial charge in [0.2, 0.25) is 0 Å². The van der Waals surface area contributed by atoms with Gasteiger partial charge >= 0.3 is 5.97 Å². The van der Waals surface area contributed by atoms with E-state index in [1.165, 1.54) is 167 Å². The van der Waals surface area contributed by atoms with Crippen LogP contribution in [-0.4, -0.2) is 37.0 Å². The molecule has 0 amide bonds. The minimum Gasteiger partial charge on any atom is -0.463 e. The van der Waals surface area contributed by atoms with E-state index in [0.717, 1.165) is 19.3 Å². The number of rotatable bonds is 36. The summed E-state index contributed by atoms with van der Waals surface area (Å²) in [5, 5.41) is 10.0. The highest BCUT2D eigenvalue weighted by atomic mass is 16.5. The van der Waals surface area contributed by atoms with Gasteiger partial charge in [0, 0.05) is 13.0 Å². The highest BCUT2D eigenvalue weighted by Crippen LogP contribution is 2.14. The molecule has 0 fully saturated rings. The van der Waals surface area contributed by atoms with Crippen molar-refractivity contribution in [3.05, 3.63) is 12.2 Å². The molecule has 0 aromatic carbocycles. The van der Waals surface area contributed by atoms with Crippen LogP contribution in [-0.2, 0) is 14.3 Å². The number of esters is 1. The van der Waals surface area contributed by atoms with Crippen molar-refractivity contribution in [1.82, 2.24) is 0 Å². The smallest absolute Gasteiger partial charge is 0.305 e. The van der Waals surface area contributed by atoms with E-state index in [1.807, 2.05) is 0 Å². The SMILES string of the molecule is CCCCCCCC/C=C\CCCCCCCC(=O)OCC(O)COCCCCCCCCCCCCCCCCCC. The maximum Gasteiger partial charge on any atom is 0.305 e. The first-order valence-electron chi connectivity index (χ1n) is 19.3. The largest absolute Gasteiger partial charge is 0.463 e. The second-order valence-electron chi connectivity index (χ2n) is 13.0. The minimum absolute atomic E-state index is 0.0445. The molecule has 0 spiro atoms. The van der Waals surface area contributed by atoms with Crippen molar-refractivity contribution in [2.45, 2.75) is 213 Å². The molecule has 0 rings (SSSR count). The number of carbonyl (C=O) groups excluding carboxylic acids is 1. The lowest BCUT2D eigenvalue weighted by atomic mass is 10.0. The lowest BCUT2D eigenvalue weighted by molar-refractivity contribution is -0.147. The Balaban J connectivity index is 3.29. The first-order chi connectivity index (χ1) is 21.2. The molecule has 1 unspecified atom stereocenters. The summed E-state index contributed by atoms with van der Waals surface area (Å²) in [6.45, 7) is 5.52. The van der Waals surface area contributed by atoms with Crippen LogP contribution in [0.5, 0.6) is 0 Å². The Bertz CT molecular complexity index is 561. The zero-order valence-corrected chi connectivity index (χ0v) is 29.2. The highest BCUT2D eigenvalue weighted by molar-refractivity contribution is 5.69. The van der Waals surface area contributed by atoms with Crippen LogP contribution >= 0.6 is 0 Å². The van der Waals surface area contributed by atoms with E-state index in [4.69, 9.17) is 9.47 Å². The molecule has 0 saturated heterocycles. The Hall–Kier alpha value is -0.870. The van der Waals surface area contributed by atoms with Crippen molar-refractivity contribution in [2.24, 2.45) is 0 Å². The molecule has 43 heavy (non-hydrogen) atoms. The first kappa shape index (κ1) is 42.1. The zero-order valence-electron chi connectivity index (χ0n) is 29.2. The van der Waals surface area contributed by atoms with Crippen LogP contribution < -0.4 is 0 Å². The first-order valence-corrected chi connectivity index (χ1v) is 19.3. The van der Waals surface area contributed by atoms with Crippen molar-refractivity contribution < 1.29 is 19.4 Å². The lowest BCUT2D eigenvalue weighted by Crippen LogP contribution is -2.24. The standard InChI is InChI=1S/C39H76O4/c1-3-5-7-9-11-13-15-17-19-21-23-25-27-29-31-33-35-42-36-38(40)37-43-39(41)34-32-30-28-26-24-22-20-18-16-14-12-10-8-6-4-2/h18,20,38,40H,3-17,19,21-37H2,1-2H3/b20-18-. The number of hydrogen-bond donors (Lipinski definition) is 1. The predicted molar refractivity (Wildman–Crippen MR) is 187 cm³/mol. The summed E-state index contributed by atoms with van der Waals surface area (Å²) >= 11 is 0. The molecule has 1 N–H and O–H groups in total. The van der Waals surface area contributed by atoms with Crippen LogP contribution in [0.25, 0.3) is 0 Å². The lowest BCUT2D eigenvalue weighted by Gasteiger charge is -2.12. The normalized spacial score (nSPS) is 12.3. The molecule has 0 aromatic rings. The van der Waals surface area contributed by atoms with E-state index in [0.29, 0.717) is 13.0 Å². The van der Waals surface area contributed by atoms with Crippen molar-refractivity contribution in [3.8, 4) is 0 Å². The van der Waals surface area contributed by atoms with Gasteiger partial charge in [-0.05, 0) is 38.5 Å². The summed E-state index contributed by atoms with van der Waals surface area (Å²) in [5.41, 5.74) is 0. The van der Waals surface area contributed by atoms with Crippen LogP contribution in [0, 0.1) is 0 Å². The molecule has 0 aliphatic carbocycles. The Morgan fingerprint density at radius 2 is 0.884 bits per heavy atom.